The van der Waals surface area contributed by atoms with Crippen LogP contribution in [-0.4, -0.2) is 7.28 Å². The van der Waals surface area contributed by atoms with Gasteiger partial charge in [0, 0.05) is 0 Å². The molecule has 0 fully saturated rings. The Bertz CT molecular complexity index is 131. The number of rotatable bonds is 11. The zero-order chi connectivity index (χ0) is 12.2. The first-order valence-corrected chi connectivity index (χ1v) is 7.55. The van der Waals surface area contributed by atoms with Gasteiger partial charge in [-0.2, -0.15) is 0 Å². The highest BCUT2D eigenvalue weighted by Crippen LogP contribution is 2.24. The van der Waals surface area contributed by atoms with Crippen LogP contribution in [0.3, 0.4) is 0 Å². The molecule has 1 radical (unpaired) electrons. The molecule has 0 saturated carbocycles. The molecule has 0 rings (SSSR count). The smallest absolute Gasteiger partial charge is 0.0742 e. The third kappa shape index (κ3) is 10.6. The van der Waals surface area contributed by atoms with Crippen LogP contribution in [0.25, 0.3) is 0 Å². The molecule has 95 valence electrons. The van der Waals surface area contributed by atoms with Crippen LogP contribution < -0.4 is 0 Å². The van der Waals surface area contributed by atoms with Crippen LogP contribution in [0, 0.1) is 0 Å². The fourth-order valence-electron chi connectivity index (χ4n) is 2.44. The minimum absolute atomic E-state index is 0.761. The molecule has 0 heterocycles. The maximum absolute atomic E-state index is 2.57. The highest BCUT2D eigenvalue weighted by molar-refractivity contribution is 6.39. The molecule has 0 aliphatic carbocycles. The van der Waals surface area contributed by atoms with Gasteiger partial charge in [0.05, 0.1) is 0 Å². The van der Waals surface area contributed by atoms with Gasteiger partial charge in [-0.15, -0.1) is 0 Å². The Morgan fingerprint density at radius 3 is 1.94 bits per heavy atom. The number of hydrogen-bond acceptors (Lipinski definition) is 0. The Morgan fingerprint density at radius 2 is 1.38 bits per heavy atom. The predicted molar refractivity (Wildman–Crippen MR) is 77.5 cm³/mol. The standard InChI is InChI=1S/C15H32B/c1-5-7-8-9-10-11-13-15(12-6-2)16-14(3)4/h14-15H,5-13H2,1-4H3. The van der Waals surface area contributed by atoms with E-state index >= 15 is 0 Å². The van der Waals surface area contributed by atoms with Crippen molar-refractivity contribution in [3.63, 3.8) is 0 Å². The fourth-order valence-corrected chi connectivity index (χ4v) is 2.44. The lowest BCUT2D eigenvalue weighted by atomic mass is 9.53. The molecule has 16 heavy (non-hydrogen) atoms. The van der Waals surface area contributed by atoms with E-state index in [1.54, 1.807) is 0 Å². The van der Waals surface area contributed by atoms with E-state index in [-0.39, 0.29) is 0 Å². The van der Waals surface area contributed by atoms with Crippen LogP contribution in [0.1, 0.15) is 85.5 Å². The molecule has 0 nitrogen and oxygen atoms in total. The normalized spacial score (nSPS) is 13.1. The molecular formula is C15H32B. The van der Waals surface area contributed by atoms with E-state index in [9.17, 15) is 0 Å². The van der Waals surface area contributed by atoms with Crippen LogP contribution in [-0.2, 0) is 0 Å². The summed E-state index contributed by atoms with van der Waals surface area (Å²) < 4.78 is 0. The molecule has 1 heteroatoms. The van der Waals surface area contributed by atoms with Gasteiger partial charge >= 0.3 is 0 Å². The Morgan fingerprint density at radius 1 is 0.750 bits per heavy atom. The second-order valence-electron chi connectivity index (χ2n) is 5.54. The predicted octanol–water partition coefficient (Wildman–Crippen LogP) is 5.86. The van der Waals surface area contributed by atoms with Crippen molar-refractivity contribution in [2.75, 3.05) is 0 Å². The molecule has 1 unspecified atom stereocenters. The van der Waals surface area contributed by atoms with E-state index in [0.717, 1.165) is 11.6 Å². The van der Waals surface area contributed by atoms with Gasteiger partial charge in [0.2, 0.25) is 0 Å². The molecule has 0 aliphatic rings. The number of hydrogen-bond donors (Lipinski definition) is 0. The maximum atomic E-state index is 2.57. The largest absolute Gasteiger partial charge is 0.117 e. The molecule has 0 aliphatic heterocycles. The molecule has 0 aromatic rings. The van der Waals surface area contributed by atoms with Crippen molar-refractivity contribution in [1.29, 1.82) is 0 Å². The SMILES string of the molecule is CCCCCCCCC([B]C(C)C)CCC. The maximum Gasteiger partial charge on any atom is 0.117 e. The van der Waals surface area contributed by atoms with Crippen molar-refractivity contribution in [2.45, 2.75) is 97.1 Å². The van der Waals surface area contributed by atoms with E-state index in [2.05, 4.69) is 35.0 Å². The fraction of sp³-hybridized carbons (Fsp3) is 1.00. The summed E-state index contributed by atoms with van der Waals surface area (Å²) in [6, 6.07) is 0. The molecule has 0 aromatic carbocycles. The summed E-state index contributed by atoms with van der Waals surface area (Å²) in [6.07, 6.45) is 12.7. The van der Waals surface area contributed by atoms with Gasteiger partial charge in [-0.05, 0) is 0 Å². The van der Waals surface area contributed by atoms with Gasteiger partial charge in [-0.3, -0.25) is 0 Å². The van der Waals surface area contributed by atoms with E-state index in [1.807, 2.05) is 0 Å². The minimum Gasteiger partial charge on any atom is -0.0742 e. The first-order valence-electron chi connectivity index (χ1n) is 7.55. The summed E-state index contributed by atoms with van der Waals surface area (Å²) in [5.41, 5.74) is 0. The van der Waals surface area contributed by atoms with E-state index < -0.39 is 0 Å². The lowest BCUT2D eigenvalue weighted by molar-refractivity contribution is 0.557. The average Bonchev–Trinajstić information content (AvgIpc) is 2.22. The molecule has 0 saturated heterocycles. The minimum atomic E-state index is 0.761. The van der Waals surface area contributed by atoms with Crippen molar-refractivity contribution in [2.24, 2.45) is 0 Å². The molecule has 0 N–H and O–H groups in total. The average molecular weight is 223 g/mol. The van der Waals surface area contributed by atoms with Crippen LogP contribution in [0.15, 0.2) is 0 Å². The van der Waals surface area contributed by atoms with Gasteiger partial charge in [-0.1, -0.05) is 97.1 Å². The van der Waals surface area contributed by atoms with Crippen molar-refractivity contribution in [1.82, 2.24) is 0 Å². The quantitative estimate of drug-likeness (QED) is 0.304. The molecule has 0 amide bonds. The summed E-state index contributed by atoms with van der Waals surface area (Å²) in [4.78, 5) is 0. The second-order valence-corrected chi connectivity index (χ2v) is 5.54. The second kappa shape index (κ2) is 11.5. The van der Waals surface area contributed by atoms with E-state index in [0.29, 0.717) is 0 Å². The zero-order valence-corrected chi connectivity index (χ0v) is 12.1. The van der Waals surface area contributed by atoms with Crippen LogP contribution in [0.4, 0.5) is 0 Å². The Balaban J connectivity index is 3.44. The highest BCUT2D eigenvalue weighted by Gasteiger charge is 2.10. The lowest BCUT2D eigenvalue weighted by Gasteiger charge is -2.16. The summed E-state index contributed by atoms with van der Waals surface area (Å²) in [6.45, 7) is 9.21. The van der Waals surface area contributed by atoms with Crippen molar-refractivity contribution >= 4 is 7.28 Å². The van der Waals surface area contributed by atoms with Gasteiger partial charge in [0.25, 0.3) is 0 Å². The van der Waals surface area contributed by atoms with Gasteiger partial charge < -0.3 is 0 Å². The third-order valence-electron chi connectivity index (χ3n) is 3.25. The van der Waals surface area contributed by atoms with Crippen molar-refractivity contribution in [3.05, 3.63) is 0 Å². The highest BCUT2D eigenvalue weighted by atomic mass is 14.0. The van der Waals surface area contributed by atoms with Crippen molar-refractivity contribution < 1.29 is 0 Å². The van der Waals surface area contributed by atoms with Crippen LogP contribution in [0.2, 0.25) is 11.6 Å². The van der Waals surface area contributed by atoms with Gasteiger partial charge in [0.1, 0.15) is 7.28 Å². The Kier molecular flexibility index (Phi) is 11.6. The summed E-state index contributed by atoms with van der Waals surface area (Å²) >= 11 is 0. The monoisotopic (exact) mass is 223 g/mol. The van der Waals surface area contributed by atoms with Crippen molar-refractivity contribution in [3.8, 4) is 0 Å². The zero-order valence-electron chi connectivity index (χ0n) is 12.1. The summed E-state index contributed by atoms with van der Waals surface area (Å²) in [7, 11) is 2.57. The number of unbranched alkanes of at least 4 members (excludes halogenated alkanes) is 5. The van der Waals surface area contributed by atoms with E-state index in [4.69, 9.17) is 0 Å². The first kappa shape index (κ1) is 16.1. The summed E-state index contributed by atoms with van der Waals surface area (Å²) in [5.74, 6) is 1.65. The molecule has 0 bridgehead atoms. The molecular weight excluding hydrogens is 191 g/mol. The molecule has 0 spiro atoms. The van der Waals surface area contributed by atoms with Gasteiger partial charge in [-0.25, -0.2) is 0 Å². The summed E-state index contributed by atoms with van der Waals surface area (Å²) in [5, 5.41) is 0. The third-order valence-corrected chi connectivity index (χ3v) is 3.25. The first-order chi connectivity index (χ1) is 7.70. The van der Waals surface area contributed by atoms with Crippen LogP contribution >= 0.6 is 0 Å². The van der Waals surface area contributed by atoms with Crippen LogP contribution in [0.5, 0.6) is 0 Å². The Labute approximate surface area is 105 Å². The van der Waals surface area contributed by atoms with E-state index in [1.165, 1.54) is 57.8 Å². The topological polar surface area (TPSA) is 0 Å². The van der Waals surface area contributed by atoms with Gasteiger partial charge in [0.15, 0.2) is 0 Å². The Hall–Kier alpha value is 0.0649. The molecule has 1 atom stereocenters. The molecule has 0 aromatic heterocycles. The lowest BCUT2D eigenvalue weighted by Crippen LogP contribution is -2.07.